The number of sulfonamides is 1. The highest BCUT2D eigenvalue weighted by Crippen LogP contribution is 2.41. The second-order valence-electron chi connectivity index (χ2n) is 8.39. The van der Waals surface area contributed by atoms with E-state index in [9.17, 15) is 30.8 Å². The number of benzene rings is 1. The molecule has 0 saturated heterocycles. The van der Waals surface area contributed by atoms with E-state index in [0.29, 0.717) is 20.8 Å². The predicted octanol–water partition coefficient (Wildman–Crippen LogP) is 6.22. The number of carbonyl (C=O) groups is 1. The summed E-state index contributed by atoms with van der Waals surface area (Å²) in [5, 5.41) is 15.5. The first kappa shape index (κ1) is 36.1. The number of fused-ring (bicyclic) bond motifs is 1. The maximum Gasteiger partial charge on any atom is 0.369 e. The van der Waals surface area contributed by atoms with Gasteiger partial charge in [-0.15, -0.1) is 20.4 Å². The van der Waals surface area contributed by atoms with Crippen LogP contribution in [0.3, 0.4) is 0 Å². The number of rotatable bonds is 12. The lowest BCUT2D eigenvalue weighted by molar-refractivity contribution is 0.0387. The quantitative estimate of drug-likeness (QED) is 0.127. The third-order valence-corrected chi connectivity index (χ3v) is 7.75. The number of hydrogen-bond donors (Lipinski definition) is 1. The van der Waals surface area contributed by atoms with Gasteiger partial charge < -0.3 is 14.4 Å². The molecule has 0 bridgehead atoms. The molecule has 11 nitrogen and oxygen atoms in total. The molecular formula is C24H36F4N6O5S2. The summed E-state index contributed by atoms with van der Waals surface area (Å²) in [6.45, 7) is 6.47. The van der Waals surface area contributed by atoms with Gasteiger partial charge >= 0.3 is 11.7 Å². The Hall–Kier alpha value is -2.92. The highest BCUT2D eigenvalue weighted by atomic mass is 32.2. The van der Waals surface area contributed by atoms with E-state index in [1.54, 1.807) is 6.07 Å². The van der Waals surface area contributed by atoms with Crippen molar-refractivity contribution < 1.29 is 40.2 Å². The molecule has 1 N–H and O–H groups in total. The van der Waals surface area contributed by atoms with Gasteiger partial charge in [-0.3, -0.25) is 13.5 Å². The Bertz CT molecular complexity index is 1230. The summed E-state index contributed by atoms with van der Waals surface area (Å²) in [5.74, 6) is -4.33. The van der Waals surface area contributed by atoms with Crippen LogP contribution in [0.1, 0.15) is 55.4 Å². The lowest BCUT2D eigenvalue weighted by Crippen LogP contribution is -2.44. The fourth-order valence-electron chi connectivity index (χ4n) is 3.99. The SMILES string of the molecule is CCC(C)N1c2cc(NS(=O)(=O)C(F)F)c(N=Nc3nnc(C(=O)OCCOC)s3)cc2CCC1CC.CF.CF. The van der Waals surface area contributed by atoms with Crippen molar-refractivity contribution in [2.75, 3.05) is 44.3 Å². The topological polar surface area (TPSA) is 135 Å². The smallest absolute Gasteiger partial charge is 0.369 e. The predicted molar refractivity (Wildman–Crippen MR) is 150 cm³/mol. The molecule has 1 aromatic carbocycles. The van der Waals surface area contributed by atoms with E-state index in [2.05, 4.69) is 46.1 Å². The van der Waals surface area contributed by atoms with Gasteiger partial charge in [-0.1, -0.05) is 25.2 Å². The summed E-state index contributed by atoms with van der Waals surface area (Å²) in [7, 11) is -2.49. The summed E-state index contributed by atoms with van der Waals surface area (Å²) in [6, 6.07) is 3.57. The fraction of sp³-hybridized carbons (Fsp3) is 0.625. The van der Waals surface area contributed by atoms with E-state index in [1.807, 2.05) is 4.72 Å². The standard InChI is InChI=1S/C22H30F2N6O5S2.2CH3F/c1-5-13(3)30-15(6-2)8-7-14-11-16(17(12-18(14)30)29-37(32,33)21(23)24)25-27-22-28-26-19(36-22)20(31)35-10-9-34-4;2*1-2/h11-13,15,21,29H,5-10H2,1-4H3;2*1H3. The first-order valence-electron chi connectivity index (χ1n) is 12.5. The first-order chi connectivity index (χ1) is 19.6. The highest BCUT2D eigenvalue weighted by Gasteiger charge is 2.31. The number of esters is 1. The van der Waals surface area contributed by atoms with E-state index < -0.39 is 21.8 Å². The fourth-order valence-corrected chi connectivity index (χ4v) is 5.11. The molecule has 232 valence electrons. The number of anilines is 2. The molecule has 0 saturated carbocycles. The number of alkyl halides is 4. The zero-order valence-electron chi connectivity index (χ0n) is 23.7. The number of hydrogen-bond acceptors (Lipinski definition) is 11. The van der Waals surface area contributed by atoms with Crippen molar-refractivity contribution in [2.45, 2.75) is 64.3 Å². The van der Waals surface area contributed by atoms with Crippen LogP contribution in [0.4, 0.5) is 39.8 Å². The van der Waals surface area contributed by atoms with Crippen LogP contribution < -0.4 is 9.62 Å². The molecule has 0 spiro atoms. The van der Waals surface area contributed by atoms with Gasteiger partial charge in [0.2, 0.25) is 5.01 Å². The number of ether oxygens (including phenoxy) is 2. The largest absolute Gasteiger partial charge is 0.458 e. The number of nitrogens with one attached hydrogen (secondary N) is 1. The van der Waals surface area contributed by atoms with Crippen molar-refractivity contribution in [3.8, 4) is 0 Å². The van der Waals surface area contributed by atoms with Crippen LogP contribution in [0.25, 0.3) is 0 Å². The molecule has 0 aliphatic carbocycles. The van der Waals surface area contributed by atoms with Gasteiger partial charge in [0.15, 0.2) is 0 Å². The number of carbonyl (C=O) groups excluding carboxylic acids is 1. The van der Waals surface area contributed by atoms with Crippen molar-refractivity contribution in [3.63, 3.8) is 0 Å². The molecule has 2 aromatic rings. The Balaban J connectivity index is 0.00000201. The summed E-state index contributed by atoms with van der Waals surface area (Å²) < 4.78 is 81.2. The van der Waals surface area contributed by atoms with E-state index in [4.69, 9.17) is 9.47 Å². The van der Waals surface area contributed by atoms with Gasteiger partial charge in [0.1, 0.15) is 12.3 Å². The van der Waals surface area contributed by atoms with Crippen LogP contribution >= 0.6 is 11.3 Å². The molecule has 0 radical (unpaired) electrons. The zero-order chi connectivity index (χ0) is 31.2. The van der Waals surface area contributed by atoms with Crippen LogP contribution in [0.5, 0.6) is 0 Å². The molecule has 2 unspecified atom stereocenters. The molecule has 3 rings (SSSR count). The summed E-state index contributed by atoms with van der Waals surface area (Å²) in [6.07, 6.45) is 3.33. The van der Waals surface area contributed by atoms with E-state index in [0.717, 1.165) is 41.9 Å². The van der Waals surface area contributed by atoms with Gasteiger partial charge in [-0.2, -0.15) is 8.78 Å². The normalized spacial score (nSPS) is 15.4. The minimum absolute atomic E-state index is 0.00589. The van der Waals surface area contributed by atoms with E-state index in [-0.39, 0.29) is 46.8 Å². The van der Waals surface area contributed by atoms with Crippen LogP contribution in [0.2, 0.25) is 0 Å². The maximum atomic E-state index is 13.2. The molecule has 17 heteroatoms. The van der Waals surface area contributed by atoms with Crippen molar-refractivity contribution in [2.24, 2.45) is 10.2 Å². The first-order valence-corrected chi connectivity index (χ1v) is 14.9. The Kier molecular flexibility index (Phi) is 15.7. The Morgan fingerprint density at radius 2 is 1.85 bits per heavy atom. The maximum absolute atomic E-state index is 13.2. The molecule has 0 amide bonds. The Morgan fingerprint density at radius 1 is 1.17 bits per heavy atom. The van der Waals surface area contributed by atoms with E-state index >= 15 is 0 Å². The van der Waals surface area contributed by atoms with Gasteiger partial charge in [0, 0.05) is 24.9 Å². The van der Waals surface area contributed by atoms with Crippen molar-refractivity contribution in [1.29, 1.82) is 0 Å². The molecular weight excluding hydrogens is 592 g/mol. The average Bonchev–Trinajstić information content (AvgIpc) is 3.46. The van der Waals surface area contributed by atoms with Crippen LogP contribution in [0, 0.1) is 0 Å². The van der Waals surface area contributed by atoms with Crippen LogP contribution in [0.15, 0.2) is 22.4 Å². The Labute approximate surface area is 241 Å². The third kappa shape index (κ3) is 9.85. The number of aryl methyl sites for hydroxylation is 1. The van der Waals surface area contributed by atoms with Gasteiger partial charge in [-0.05, 0) is 50.3 Å². The number of nitrogens with zero attached hydrogens (tertiary/aromatic N) is 5. The van der Waals surface area contributed by atoms with Crippen molar-refractivity contribution in [1.82, 2.24) is 10.2 Å². The van der Waals surface area contributed by atoms with E-state index in [1.165, 1.54) is 13.2 Å². The second-order valence-corrected chi connectivity index (χ2v) is 11.0. The number of halogens is 4. The third-order valence-electron chi connectivity index (χ3n) is 5.99. The number of azo groups is 1. The average molecular weight is 629 g/mol. The number of methoxy groups -OCH3 is 1. The summed E-state index contributed by atoms with van der Waals surface area (Å²) in [4.78, 5) is 14.2. The molecule has 1 aliphatic heterocycles. The van der Waals surface area contributed by atoms with Crippen molar-refractivity contribution in [3.05, 3.63) is 22.7 Å². The van der Waals surface area contributed by atoms with Gasteiger partial charge in [0.05, 0.1) is 26.6 Å². The lowest BCUT2D eigenvalue weighted by atomic mass is 9.91. The molecule has 41 heavy (non-hydrogen) atoms. The van der Waals surface area contributed by atoms with Gasteiger partial charge in [0.25, 0.3) is 15.2 Å². The lowest BCUT2D eigenvalue weighted by Gasteiger charge is -2.43. The second kappa shape index (κ2) is 17.8. The molecule has 2 atom stereocenters. The minimum atomic E-state index is -4.96. The minimum Gasteiger partial charge on any atom is -0.458 e. The zero-order valence-corrected chi connectivity index (χ0v) is 25.4. The summed E-state index contributed by atoms with van der Waals surface area (Å²) in [5.41, 5.74) is 1.59. The Morgan fingerprint density at radius 3 is 2.44 bits per heavy atom. The molecule has 1 aromatic heterocycles. The monoisotopic (exact) mass is 628 g/mol. The summed E-state index contributed by atoms with van der Waals surface area (Å²) >= 11 is 0.817. The number of aromatic nitrogens is 2. The van der Waals surface area contributed by atoms with Crippen LogP contribution in [-0.4, -0.2) is 77.1 Å². The highest BCUT2D eigenvalue weighted by molar-refractivity contribution is 7.93. The van der Waals surface area contributed by atoms with Gasteiger partial charge in [-0.25, -0.2) is 13.2 Å². The van der Waals surface area contributed by atoms with Crippen molar-refractivity contribution >= 4 is 49.5 Å². The molecule has 2 heterocycles. The molecule has 1 aliphatic rings. The molecule has 0 fully saturated rings. The van der Waals surface area contributed by atoms with Crippen LogP contribution in [-0.2, 0) is 25.9 Å².